The van der Waals surface area contributed by atoms with Crippen molar-refractivity contribution in [3.63, 3.8) is 0 Å². The fraction of sp³-hybridized carbons (Fsp3) is 0.286. The largest absolute Gasteiger partial charge is 0.493 e. The average Bonchev–Trinajstić information content (AvgIpc) is 2.92. The first-order valence-corrected chi connectivity index (χ1v) is 5.91. The summed E-state index contributed by atoms with van der Waals surface area (Å²) in [6.07, 6.45) is 1.81. The first-order chi connectivity index (χ1) is 8.74. The Labute approximate surface area is 107 Å². The number of aromatic nitrogens is 1. The summed E-state index contributed by atoms with van der Waals surface area (Å²) in [5, 5.41) is 0. The number of aromatic amines is 1. The van der Waals surface area contributed by atoms with Gasteiger partial charge in [-0.1, -0.05) is 6.07 Å². The highest BCUT2D eigenvalue weighted by molar-refractivity contribution is 5.43. The lowest BCUT2D eigenvalue weighted by atomic mass is 10.2. The van der Waals surface area contributed by atoms with E-state index in [1.807, 2.05) is 43.5 Å². The second-order valence-corrected chi connectivity index (χ2v) is 4.07. The standard InChI is InChI=1S/C14H18N2O2/c1-10(12-4-3-7-16-12)18-14-8-11(9-15)5-6-13(14)17-2/h3-8,10,16H,9,15H2,1-2H3. The second-order valence-electron chi connectivity index (χ2n) is 4.07. The molecule has 18 heavy (non-hydrogen) atoms. The average molecular weight is 246 g/mol. The van der Waals surface area contributed by atoms with Gasteiger partial charge in [-0.15, -0.1) is 0 Å². The van der Waals surface area contributed by atoms with Gasteiger partial charge in [-0.3, -0.25) is 0 Å². The van der Waals surface area contributed by atoms with Crippen LogP contribution in [0.4, 0.5) is 0 Å². The molecule has 3 N–H and O–H groups in total. The van der Waals surface area contributed by atoms with Gasteiger partial charge in [-0.2, -0.15) is 0 Å². The van der Waals surface area contributed by atoms with E-state index in [-0.39, 0.29) is 6.10 Å². The molecule has 4 nitrogen and oxygen atoms in total. The van der Waals surface area contributed by atoms with Crippen molar-refractivity contribution in [2.45, 2.75) is 19.6 Å². The van der Waals surface area contributed by atoms with E-state index in [0.717, 1.165) is 11.3 Å². The molecule has 96 valence electrons. The molecule has 0 aliphatic rings. The Balaban J connectivity index is 2.21. The third kappa shape index (κ3) is 2.65. The Kier molecular flexibility index (Phi) is 3.89. The van der Waals surface area contributed by atoms with Crippen LogP contribution in [0.25, 0.3) is 0 Å². The van der Waals surface area contributed by atoms with Gasteiger partial charge in [-0.05, 0) is 36.8 Å². The molecule has 1 heterocycles. The number of ether oxygens (including phenoxy) is 2. The molecule has 0 spiro atoms. The van der Waals surface area contributed by atoms with Crippen LogP contribution < -0.4 is 15.2 Å². The molecule has 0 aliphatic carbocycles. The quantitative estimate of drug-likeness (QED) is 0.852. The van der Waals surface area contributed by atoms with Crippen LogP contribution in [0.5, 0.6) is 11.5 Å². The molecule has 2 aromatic rings. The van der Waals surface area contributed by atoms with Gasteiger partial charge >= 0.3 is 0 Å². The van der Waals surface area contributed by atoms with Crippen LogP contribution in [0.2, 0.25) is 0 Å². The molecule has 2 rings (SSSR count). The zero-order chi connectivity index (χ0) is 13.0. The Bertz CT molecular complexity index is 495. The van der Waals surface area contributed by atoms with Crippen LogP contribution in [0.3, 0.4) is 0 Å². The van der Waals surface area contributed by atoms with Crippen LogP contribution in [-0.2, 0) is 6.54 Å². The number of hydrogen-bond acceptors (Lipinski definition) is 3. The Morgan fingerprint density at radius 2 is 2.11 bits per heavy atom. The van der Waals surface area contributed by atoms with E-state index in [4.69, 9.17) is 15.2 Å². The SMILES string of the molecule is COc1ccc(CN)cc1OC(C)c1ccc[nH]1. The molecule has 0 fully saturated rings. The first kappa shape index (κ1) is 12.5. The van der Waals surface area contributed by atoms with E-state index >= 15 is 0 Å². The summed E-state index contributed by atoms with van der Waals surface area (Å²) in [5.41, 5.74) is 7.67. The molecule has 0 aliphatic heterocycles. The van der Waals surface area contributed by atoms with Gasteiger partial charge in [-0.25, -0.2) is 0 Å². The van der Waals surface area contributed by atoms with Crippen molar-refractivity contribution in [1.29, 1.82) is 0 Å². The van der Waals surface area contributed by atoms with Crippen molar-refractivity contribution in [2.24, 2.45) is 5.73 Å². The molecule has 0 radical (unpaired) electrons. The number of benzene rings is 1. The molecule has 4 heteroatoms. The number of nitrogens with one attached hydrogen (secondary N) is 1. The van der Waals surface area contributed by atoms with Gasteiger partial charge in [0, 0.05) is 12.7 Å². The molecule has 0 amide bonds. The third-order valence-corrected chi connectivity index (χ3v) is 2.83. The highest BCUT2D eigenvalue weighted by atomic mass is 16.5. The number of rotatable bonds is 5. The summed E-state index contributed by atoms with van der Waals surface area (Å²) >= 11 is 0. The highest BCUT2D eigenvalue weighted by Gasteiger charge is 2.12. The molecule has 1 unspecified atom stereocenters. The monoisotopic (exact) mass is 246 g/mol. The normalized spacial score (nSPS) is 12.2. The van der Waals surface area contributed by atoms with E-state index in [1.165, 1.54) is 0 Å². The number of hydrogen-bond donors (Lipinski definition) is 2. The van der Waals surface area contributed by atoms with Crippen molar-refractivity contribution >= 4 is 0 Å². The van der Waals surface area contributed by atoms with Crippen LogP contribution in [-0.4, -0.2) is 12.1 Å². The summed E-state index contributed by atoms with van der Waals surface area (Å²) in [6.45, 7) is 2.47. The molecule has 0 saturated heterocycles. The lowest BCUT2D eigenvalue weighted by molar-refractivity contribution is 0.212. The van der Waals surface area contributed by atoms with Crippen molar-refractivity contribution in [1.82, 2.24) is 4.98 Å². The summed E-state index contributed by atoms with van der Waals surface area (Å²) in [5.74, 6) is 1.42. The van der Waals surface area contributed by atoms with Gasteiger partial charge in [0.15, 0.2) is 11.5 Å². The highest BCUT2D eigenvalue weighted by Crippen LogP contribution is 2.31. The van der Waals surface area contributed by atoms with E-state index < -0.39 is 0 Å². The summed E-state index contributed by atoms with van der Waals surface area (Å²) < 4.78 is 11.2. The first-order valence-electron chi connectivity index (χ1n) is 5.91. The zero-order valence-corrected chi connectivity index (χ0v) is 10.6. The minimum absolute atomic E-state index is 0.0677. The van der Waals surface area contributed by atoms with Crippen LogP contribution in [0.15, 0.2) is 36.5 Å². The van der Waals surface area contributed by atoms with Crippen molar-refractivity contribution < 1.29 is 9.47 Å². The van der Waals surface area contributed by atoms with Gasteiger partial charge in [0.1, 0.15) is 6.10 Å². The molecule has 0 saturated carbocycles. The maximum Gasteiger partial charge on any atom is 0.162 e. The predicted octanol–water partition coefficient (Wildman–Crippen LogP) is 2.62. The van der Waals surface area contributed by atoms with Crippen LogP contribution in [0, 0.1) is 0 Å². The number of methoxy groups -OCH3 is 1. The predicted molar refractivity (Wildman–Crippen MR) is 70.7 cm³/mol. The van der Waals surface area contributed by atoms with Gasteiger partial charge < -0.3 is 20.2 Å². The van der Waals surface area contributed by atoms with Gasteiger partial charge in [0.2, 0.25) is 0 Å². The summed E-state index contributed by atoms with van der Waals surface area (Å²) in [4.78, 5) is 3.13. The fourth-order valence-electron chi connectivity index (χ4n) is 1.79. The summed E-state index contributed by atoms with van der Waals surface area (Å²) in [7, 11) is 1.63. The maximum atomic E-state index is 5.91. The van der Waals surface area contributed by atoms with Crippen molar-refractivity contribution in [3.8, 4) is 11.5 Å². The van der Waals surface area contributed by atoms with Gasteiger partial charge in [0.25, 0.3) is 0 Å². The molecule has 1 aromatic carbocycles. The van der Waals surface area contributed by atoms with Crippen molar-refractivity contribution in [2.75, 3.05) is 7.11 Å². The third-order valence-electron chi connectivity index (χ3n) is 2.83. The fourth-order valence-corrected chi connectivity index (χ4v) is 1.79. The Hall–Kier alpha value is -1.94. The lowest BCUT2D eigenvalue weighted by Crippen LogP contribution is -2.05. The van der Waals surface area contributed by atoms with Gasteiger partial charge in [0.05, 0.1) is 12.8 Å². The van der Waals surface area contributed by atoms with E-state index in [1.54, 1.807) is 7.11 Å². The molecule has 1 atom stereocenters. The van der Waals surface area contributed by atoms with Crippen LogP contribution in [0.1, 0.15) is 24.3 Å². The molecular weight excluding hydrogens is 228 g/mol. The van der Waals surface area contributed by atoms with E-state index in [9.17, 15) is 0 Å². The Morgan fingerprint density at radius 3 is 2.72 bits per heavy atom. The molecular formula is C14H18N2O2. The topological polar surface area (TPSA) is 60.3 Å². The maximum absolute atomic E-state index is 5.91. The smallest absolute Gasteiger partial charge is 0.162 e. The lowest BCUT2D eigenvalue weighted by Gasteiger charge is -2.16. The minimum Gasteiger partial charge on any atom is -0.493 e. The van der Waals surface area contributed by atoms with Crippen LogP contribution >= 0.6 is 0 Å². The zero-order valence-electron chi connectivity index (χ0n) is 10.6. The number of H-pyrrole nitrogens is 1. The van der Waals surface area contributed by atoms with Crippen molar-refractivity contribution in [3.05, 3.63) is 47.8 Å². The summed E-state index contributed by atoms with van der Waals surface area (Å²) in [6, 6.07) is 9.66. The van der Waals surface area contributed by atoms with E-state index in [2.05, 4.69) is 4.98 Å². The second kappa shape index (κ2) is 5.60. The molecule has 0 bridgehead atoms. The van der Waals surface area contributed by atoms with E-state index in [0.29, 0.717) is 18.0 Å². The number of nitrogens with two attached hydrogens (primary N) is 1. The molecule has 1 aromatic heterocycles. The minimum atomic E-state index is -0.0677. The Morgan fingerprint density at radius 1 is 1.28 bits per heavy atom.